The smallest absolute Gasteiger partial charge is 0.344 e. The van der Waals surface area contributed by atoms with Crippen LogP contribution < -0.4 is 14.2 Å². The van der Waals surface area contributed by atoms with Crippen LogP contribution in [0.2, 0.25) is 0 Å². The Kier molecular flexibility index (Phi) is 5.29. The molecule has 0 spiro atoms. The Balaban J connectivity index is 1.79. The van der Waals surface area contributed by atoms with Crippen molar-refractivity contribution in [3.8, 4) is 17.2 Å². The van der Waals surface area contributed by atoms with Gasteiger partial charge in [0.2, 0.25) is 0 Å². The van der Waals surface area contributed by atoms with E-state index in [4.69, 9.17) is 14.2 Å². The SMILES string of the molecule is COc1ccc(OC(=O)c2ccccc2C(=O)Oc2ccccc2)cc1. The van der Waals surface area contributed by atoms with Gasteiger partial charge in [0.25, 0.3) is 0 Å². The van der Waals surface area contributed by atoms with E-state index in [1.165, 1.54) is 12.1 Å². The molecule has 5 nitrogen and oxygen atoms in total. The molecule has 5 heteroatoms. The van der Waals surface area contributed by atoms with Crippen LogP contribution in [0.4, 0.5) is 0 Å². The summed E-state index contributed by atoms with van der Waals surface area (Å²) in [5, 5.41) is 0. The number of esters is 2. The highest BCUT2D eigenvalue weighted by Gasteiger charge is 2.20. The highest BCUT2D eigenvalue weighted by Crippen LogP contribution is 2.20. The van der Waals surface area contributed by atoms with Crippen molar-refractivity contribution < 1.29 is 23.8 Å². The fourth-order valence-electron chi connectivity index (χ4n) is 2.30. The number of methoxy groups -OCH3 is 1. The number of benzene rings is 3. The zero-order chi connectivity index (χ0) is 18.4. The van der Waals surface area contributed by atoms with Crippen LogP contribution >= 0.6 is 0 Å². The van der Waals surface area contributed by atoms with Gasteiger partial charge in [0, 0.05) is 0 Å². The van der Waals surface area contributed by atoms with Crippen LogP contribution in [0.25, 0.3) is 0 Å². The summed E-state index contributed by atoms with van der Waals surface area (Å²) in [7, 11) is 1.55. The summed E-state index contributed by atoms with van der Waals surface area (Å²) in [6.07, 6.45) is 0. The van der Waals surface area contributed by atoms with Gasteiger partial charge in [0.05, 0.1) is 18.2 Å². The molecule has 130 valence electrons. The third-order valence-electron chi connectivity index (χ3n) is 3.59. The quantitative estimate of drug-likeness (QED) is 0.512. The van der Waals surface area contributed by atoms with Gasteiger partial charge < -0.3 is 14.2 Å². The lowest BCUT2D eigenvalue weighted by atomic mass is 10.1. The Morgan fingerprint density at radius 1 is 0.577 bits per heavy atom. The first-order chi connectivity index (χ1) is 12.7. The summed E-state index contributed by atoms with van der Waals surface area (Å²) in [5.41, 5.74) is 0.263. The molecule has 26 heavy (non-hydrogen) atoms. The maximum atomic E-state index is 12.5. The van der Waals surface area contributed by atoms with Crippen molar-refractivity contribution in [2.24, 2.45) is 0 Å². The molecule has 0 fully saturated rings. The van der Waals surface area contributed by atoms with Crippen molar-refractivity contribution in [1.29, 1.82) is 0 Å². The van der Waals surface area contributed by atoms with E-state index in [2.05, 4.69) is 0 Å². The van der Waals surface area contributed by atoms with Crippen LogP contribution in [0.15, 0.2) is 78.9 Å². The van der Waals surface area contributed by atoms with Gasteiger partial charge in [-0.15, -0.1) is 0 Å². The second-order valence-corrected chi connectivity index (χ2v) is 5.31. The first kappa shape index (κ1) is 17.2. The Bertz CT molecular complexity index is 901. The number of carbonyl (C=O) groups is 2. The summed E-state index contributed by atoms with van der Waals surface area (Å²) < 4.78 is 15.7. The first-order valence-corrected chi connectivity index (χ1v) is 7.90. The van der Waals surface area contributed by atoms with E-state index in [9.17, 15) is 9.59 Å². The van der Waals surface area contributed by atoms with Gasteiger partial charge in [-0.3, -0.25) is 0 Å². The van der Waals surface area contributed by atoms with E-state index < -0.39 is 11.9 Å². The number of para-hydroxylation sites is 1. The van der Waals surface area contributed by atoms with Crippen molar-refractivity contribution in [2.45, 2.75) is 0 Å². The largest absolute Gasteiger partial charge is 0.497 e. The Labute approximate surface area is 150 Å². The minimum absolute atomic E-state index is 0.129. The van der Waals surface area contributed by atoms with Gasteiger partial charge >= 0.3 is 11.9 Å². The van der Waals surface area contributed by atoms with Crippen molar-refractivity contribution in [2.75, 3.05) is 7.11 Å². The average Bonchev–Trinajstić information content (AvgIpc) is 2.69. The zero-order valence-electron chi connectivity index (χ0n) is 14.0. The maximum Gasteiger partial charge on any atom is 0.344 e. The van der Waals surface area contributed by atoms with Crippen molar-refractivity contribution in [3.63, 3.8) is 0 Å². The van der Waals surface area contributed by atoms with Crippen LogP contribution in [0.1, 0.15) is 20.7 Å². The number of ether oxygens (including phenoxy) is 3. The molecule has 0 amide bonds. The Morgan fingerprint density at radius 2 is 1.00 bits per heavy atom. The molecule has 0 radical (unpaired) electrons. The standard InChI is InChI=1S/C21H16O5/c1-24-15-11-13-17(14-12-15)26-21(23)19-10-6-5-9-18(19)20(22)25-16-7-3-2-4-8-16/h2-14H,1H3. The number of rotatable bonds is 5. The molecule has 0 aliphatic carbocycles. The lowest BCUT2D eigenvalue weighted by molar-refractivity contribution is 0.0692. The molecule has 0 saturated heterocycles. The molecule has 3 rings (SSSR count). The minimum atomic E-state index is -0.643. The summed E-state index contributed by atoms with van der Waals surface area (Å²) in [5.74, 6) is 0.128. The third kappa shape index (κ3) is 4.08. The van der Waals surface area contributed by atoms with Gasteiger partial charge in [-0.25, -0.2) is 9.59 Å². The number of carbonyl (C=O) groups excluding carboxylic acids is 2. The molecule has 0 N–H and O–H groups in total. The highest BCUT2D eigenvalue weighted by molar-refractivity contribution is 6.04. The average molecular weight is 348 g/mol. The van der Waals surface area contributed by atoms with Crippen molar-refractivity contribution in [1.82, 2.24) is 0 Å². The van der Waals surface area contributed by atoms with Crippen LogP contribution in [-0.2, 0) is 0 Å². The van der Waals surface area contributed by atoms with Crippen LogP contribution in [0.5, 0.6) is 17.2 Å². The van der Waals surface area contributed by atoms with E-state index in [0.29, 0.717) is 17.2 Å². The van der Waals surface area contributed by atoms with Gasteiger partial charge in [-0.05, 0) is 48.5 Å². The van der Waals surface area contributed by atoms with Gasteiger partial charge in [0.1, 0.15) is 17.2 Å². The summed E-state index contributed by atoms with van der Waals surface area (Å²) >= 11 is 0. The molecule has 0 atom stereocenters. The molecule has 0 aliphatic rings. The second kappa shape index (κ2) is 7.98. The molecule has 3 aromatic carbocycles. The molecule has 0 saturated carbocycles. The minimum Gasteiger partial charge on any atom is -0.497 e. The first-order valence-electron chi connectivity index (χ1n) is 7.90. The van der Waals surface area contributed by atoms with Crippen molar-refractivity contribution in [3.05, 3.63) is 90.0 Å². The molecular weight excluding hydrogens is 332 g/mol. The lowest BCUT2D eigenvalue weighted by Crippen LogP contribution is -2.17. The number of hydrogen-bond donors (Lipinski definition) is 0. The molecular formula is C21H16O5. The van der Waals surface area contributed by atoms with Gasteiger partial charge in [0.15, 0.2) is 0 Å². The molecule has 0 aliphatic heterocycles. The molecule has 0 aromatic heterocycles. The molecule has 3 aromatic rings. The summed E-state index contributed by atoms with van der Waals surface area (Å²) in [4.78, 5) is 24.9. The molecule has 0 heterocycles. The van der Waals surface area contributed by atoms with E-state index in [1.54, 1.807) is 67.8 Å². The fourth-order valence-corrected chi connectivity index (χ4v) is 2.30. The predicted molar refractivity (Wildman–Crippen MR) is 95.8 cm³/mol. The van der Waals surface area contributed by atoms with Crippen molar-refractivity contribution >= 4 is 11.9 Å². The highest BCUT2D eigenvalue weighted by atomic mass is 16.5. The lowest BCUT2D eigenvalue weighted by Gasteiger charge is -2.09. The molecule has 0 bridgehead atoms. The zero-order valence-corrected chi connectivity index (χ0v) is 14.0. The van der Waals surface area contributed by atoms with Gasteiger partial charge in [-0.2, -0.15) is 0 Å². The topological polar surface area (TPSA) is 61.8 Å². The summed E-state index contributed by atoms with van der Waals surface area (Å²) in [6.45, 7) is 0. The van der Waals surface area contributed by atoms with Crippen LogP contribution in [0.3, 0.4) is 0 Å². The Hall–Kier alpha value is -3.60. The Morgan fingerprint density at radius 3 is 1.50 bits per heavy atom. The van der Waals surface area contributed by atoms with E-state index >= 15 is 0 Å². The fraction of sp³-hybridized carbons (Fsp3) is 0.0476. The third-order valence-corrected chi connectivity index (χ3v) is 3.59. The van der Waals surface area contributed by atoms with E-state index in [0.717, 1.165) is 0 Å². The normalized spacial score (nSPS) is 10.0. The maximum absolute atomic E-state index is 12.5. The van der Waals surface area contributed by atoms with Crippen LogP contribution in [-0.4, -0.2) is 19.0 Å². The second-order valence-electron chi connectivity index (χ2n) is 5.31. The molecule has 0 unspecified atom stereocenters. The van der Waals surface area contributed by atoms with Crippen LogP contribution in [0, 0.1) is 0 Å². The number of hydrogen-bond acceptors (Lipinski definition) is 5. The summed E-state index contributed by atoms with van der Waals surface area (Å²) in [6, 6.07) is 21.6. The van der Waals surface area contributed by atoms with E-state index in [1.807, 2.05) is 6.07 Å². The van der Waals surface area contributed by atoms with E-state index in [-0.39, 0.29) is 11.1 Å². The predicted octanol–water partition coefficient (Wildman–Crippen LogP) is 4.13. The monoisotopic (exact) mass is 348 g/mol. The van der Waals surface area contributed by atoms with Gasteiger partial charge in [-0.1, -0.05) is 30.3 Å².